The van der Waals surface area contributed by atoms with Gasteiger partial charge in [-0.2, -0.15) is 4.72 Å². The van der Waals surface area contributed by atoms with Crippen molar-refractivity contribution in [3.63, 3.8) is 0 Å². The maximum Gasteiger partial charge on any atom is 0.242 e. The van der Waals surface area contributed by atoms with Gasteiger partial charge in [-0.1, -0.05) is 65.7 Å². The minimum Gasteiger partial charge on any atom is -0.324 e. The van der Waals surface area contributed by atoms with Crippen molar-refractivity contribution in [1.29, 1.82) is 0 Å². The van der Waals surface area contributed by atoms with Gasteiger partial charge in [0.1, 0.15) is 6.04 Å². The summed E-state index contributed by atoms with van der Waals surface area (Å²) in [5, 5.41) is 3.33. The summed E-state index contributed by atoms with van der Waals surface area (Å²) in [7, 11) is -3.89. The van der Waals surface area contributed by atoms with Crippen molar-refractivity contribution in [2.75, 3.05) is 5.32 Å². The van der Waals surface area contributed by atoms with E-state index in [4.69, 9.17) is 11.6 Å². The molecule has 3 aromatic rings. The lowest BCUT2D eigenvalue weighted by Gasteiger charge is -2.20. The fourth-order valence-corrected chi connectivity index (χ4v) is 4.34. The molecule has 30 heavy (non-hydrogen) atoms. The van der Waals surface area contributed by atoms with Crippen LogP contribution in [0.5, 0.6) is 0 Å². The van der Waals surface area contributed by atoms with Crippen LogP contribution in [0.2, 0.25) is 5.02 Å². The molecule has 0 aliphatic heterocycles. The Morgan fingerprint density at radius 3 is 2.27 bits per heavy atom. The molecule has 0 saturated heterocycles. The van der Waals surface area contributed by atoms with Crippen molar-refractivity contribution < 1.29 is 13.2 Å². The molecule has 5 nitrogen and oxygen atoms in total. The monoisotopic (exact) mass is 442 g/mol. The Morgan fingerprint density at radius 2 is 1.60 bits per heavy atom. The average molecular weight is 443 g/mol. The molecule has 1 atom stereocenters. The number of carbonyl (C=O) groups excluding carboxylic acids is 1. The lowest BCUT2D eigenvalue weighted by atomic mass is 10.1. The number of halogens is 1. The van der Waals surface area contributed by atoms with E-state index in [1.54, 1.807) is 37.3 Å². The minimum absolute atomic E-state index is 0.109. The number of hydrogen-bond acceptors (Lipinski definition) is 3. The van der Waals surface area contributed by atoms with Crippen molar-refractivity contribution in [1.82, 2.24) is 4.72 Å². The number of rotatable bonds is 7. The summed E-state index contributed by atoms with van der Waals surface area (Å²) >= 11 is 6.14. The second kappa shape index (κ2) is 9.43. The molecule has 2 N–H and O–H groups in total. The van der Waals surface area contributed by atoms with Gasteiger partial charge in [0.25, 0.3) is 0 Å². The second-order valence-electron chi connectivity index (χ2n) is 7.08. The van der Waals surface area contributed by atoms with Crippen LogP contribution in [-0.4, -0.2) is 20.4 Å². The van der Waals surface area contributed by atoms with Gasteiger partial charge in [0.05, 0.1) is 4.90 Å². The van der Waals surface area contributed by atoms with Crippen LogP contribution in [0.4, 0.5) is 5.69 Å². The number of amides is 1. The summed E-state index contributed by atoms with van der Waals surface area (Å²) < 4.78 is 28.4. The van der Waals surface area contributed by atoms with Crippen LogP contribution in [0.15, 0.2) is 77.7 Å². The predicted octanol–water partition coefficient (Wildman–Crippen LogP) is 4.49. The molecule has 0 radical (unpaired) electrons. The van der Waals surface area contributed by atoms with Crippen LogP contribution < -0.4 is 10.0 Å². The summed E-state index contributed by atoms with van der Waals surface area (Å²) in [6, 6.07) is 19.9. The highest BCUT2D eigenvalue weighted by Crippen LogP contribution is 2.23. The minimum atomic E-state index is -3.89. The molecular formula is C23H23ClN2O3S. The van der Waals surface area contributed by atoms with Gasteiger partial charge in [0.2, 0.25) is 15.9 Å². The van der Waals surface area contributed by atoms with Crippen LogP contribution in [0.3, 0.4) is 0 Å². The number of sulfonamides is 1. The summed E-state index contributed by atoms with van der Waals surface area (Å²) in [6.07, 6.45) is 0.206. The first-order chi connectivity index (χ1) is 14.3. The van der Waals surface area contributed by atoms with E-state index in [9.17, 15) is 13.2 Å². The SMILES string of the molecule is Cc1ccc(S(=O)(=O)N[C@@H](Cc2ccccc2)C(=O)Nc2cccc(Cl)c2C)cc1. The Labute approximate surface area is 182 Å². The van der Waals surface area contributed by atoms with Crippen molar-refractivity contribution in [2.24, 2.45) is 0 Å². The van der Waals surface area contributed by atoms with Crippen LogP contribution in [0.1, 0.15) is 16.7 Å². The number of aryl methyl sites for hydroxylation is 1. The maximum absolute atomic E-state index is 13.1. The van der Waals surface area contributed by atoms with E-state index in [1.807, 2.05) is 37.3 Å². The fraction of sp³-hybridized carbons (Fsp3) is 0.174. The van der Waals surface area contributed by atoms with Gasteiger partial charge in [-0.15, -0.1) is 0 Å². The molecule has 0 unspecified atom stereocenters. The molecule has 156 valence electrons. The molecule has 0 saturated carbocycles. The zero-order valence-electron chi connectivity index (χ0n) is 16.7. The van der Waals surface area contributed by atoms with Crippen molar-refractivity contribution >= 4 is 33.2 Å². The molecule has 0 heterocycles. The first kappa shape index (κ1) is 22.0. The highest BCUT2D eigenvalue weighted by atomic mass is 35.5. The van der Waals surface area contributed by atoms with Crippen LogP contribution in [0, 0.1) is 13.8 Å². The van der Waals surface area contributed by atoms with Gasteiger partial charge in [0, 0.05) is 10.7 Å². The highest BCUT2D eigenvalue weighted by Gasteiger charge is 2.26. The third-order valence-electron chi connectivity index (χ3n) is 4.75. The maximum atomic E-state index is 13.1. The molecule has 3 aromatic carbocycles. The third kappa shape index (κ3) is 5.48. The quantitative estimate of drug-likeness (QED) is 0.566. The molecule has 1 amide bonds. The second-order valence-corrected chi connectivity index (χ2v) is 9.20. The van der Waals surface area contributed by atoms with Crippen LogP contribution in [-0.2, 0) is 21.2 Å². The number of nitrogens with one attached hydrogen (secondary N) is 2. The Bertz CT molecular complexity index is 1130. The molecule has 0 spiro atoms. The molecular weight excluding hydrogens is 420 g/mol. The van der Waals surface area contributed by atoms with Gasteiger partial charge in [-0.25, -0.2) is 8.42 Å². The standard InChI is InChI=1S/C23H23ClN2O3S/c1-16-11-13-19(14-12-16)30(28,29)26-22(15-18-7-4-3-5-8-18)23(27)25-21-10-6-9-20(24)17(21)2/h3-14,22,26H,15H2,1-2H3,(H,25,27)/t22-/m0/s1. The Morgan fingerprint density at radius 1 is 0.933 bits per heavy atom. The third-order valence-corrected chi connectivity index (χ3v) is 6.65. The number of carbonyl (C=O) groups is 1. The predicted molar refractivity (Wildman–Crippen MR) is 120 cm³/mol. The lowest BCUT2D eigenvalue weighted by molar-refractivity contribution is -0.117. The number of benzene rings is 3. The zero-order valence-corrected chi connectivity index (χ0v) is 18.3. The molecule has 3 rings (SSSR count). The van der Waals surface area contributed by atoms with Crippen molar-refractivity contribution in [3.8, 4) is 0 Å². The smallest absolute Gasteiger partial charge is 0.242 e. The van der Waals surface area contributed by atoms with E-state index in [-0.39, 0.29) is 11.3 Å². The van der Waals surface area contributed by atoms with E-state index in [0.29, 0.717) is 16.3 Å². The first-order valence-electron chi connectivity index (χ1n) is 9.45. The molecule has 0 fully saturated rings. The lowest BCUT2D eigenvalue weighted by Crippen LogP contribution is -2.45. The van der Waals surface area contributed by atoms with E-state index < -0.39 is 22.0 Å². The molecule has 0 aliphatic rings. The number of hydrogen-bond donors (Lipinski definition) is 2. The highest BCUT2D eigenvalue weighted by molar-refractivity contribution is 7.89. The Hall–Kier alpha value is -2.67. The normalized spacial score (nSPS) is 12.4. The largest absolute Gasteiger partial charge is 0.324 e. The fourth-order valence-electron chi connectivity index (χ4n) is 2.97. The Balaban J connectivity index is 1.88. The first-order valence-corrected chi connectivity index (χ1v) is 11.3. The number of anilines is 1. The zero-order chi connectivity index (χ0) is 21.7. The van der Waals surface area contributed by atoms with E-state index >= 15 is 0 Å². The van der Waals surface area contributed by atoms with E-state index in [1.165, 1.54) is 12.1 Å². The summed E-state index contributed by atoms with van der Waals surface area (Å²) in [5.41, 5.74) is 3.04. The van der Waals surface area contributed by atoms with E-state index in [0.717, 1.165) is 11.1 Å². The van der Waals surface area contributed by atoms with Gasteiger partial charge < -0.3 is 5.32 Å². The summed E-state index contributed by atoms with van der Waals surface area (Å²) in [6.45, 7) is 3.67. The Kier molecular flexibility index (Phi) is 6.92. The van der Waals surface area contributed by atoms with Gasteiger partial charge in [-0.3, -0.25) is 4.79 Å². The average Bonchev–Trinajstić information content (AvgIpc) is 2.72. The summed E-state index contributed by atoms with van der Waals surface area (Å²) in [4.78, 5) is 13.2. The molecule has 0 aromatic heterocycles. The summed E-state index contributed by atoms with van der Waals surface area (Å²) in [5.74, 6) is -0.458. The molecule has 7 heteroatoms. The van der Waals surface area contributed by atoms with Crippen LogP contribution >= 0.6 is 11.6 Å². The molecule has 0 aliphatic carbocycles. The van der Waals surface area contributed by atoms with Crippen LogP contribution in [0.25, 0.3) is 0 Å². The molecule has 0 bridgehead atoms. The topological polar surface area (TPSA) is 75.3 Å². The van der Waals surface area contributed by atoms with Crippen molar-refractivity contribution in [3.05, 3.63) is 94.5 Å². The van der Waals surface area contributed by atoms with Gasteiger partial charge >= 0.3 is 0 Å². The van der Waals surface area contributed by atoms with Crippen molar-refractivity contribution in [2.45, 2.75) is 31.2 Å². The van der Waals surface area contributed by atoms with Gasteiger partial charge in [-0.05, 0) is 55.7 Å². The van der Waals surface area contributed by atoms with Gasteiger partial charge in [0.15, 0.2) is 0 Å². The van der Waals surface area contributed by atoms with E-state index in [2.05, 4.69) is 10.0 Å².